The number of aryl methyl sites for hydroxylation is 2. The van der Waals surface area contributed by atoms with Gasteiger partial charge in [-0.1, -0.05) is 0 Å². The predicted molar refractivity (Wildman–Crippen MR) is 83.6 cm³/mol. The van der Waals surface area contributed by atoms with Crippen LogP contribution in [0.5, 0.6) is 0 Å². The summed E-state index contributed by atoms with van der Waals surface area (Å²) in [5, 5.41) is 11.0. The molecular formula is C15H22N6. The smallest absolute Gasteiger partial charge is 0.136 e. The van der Waals surface area contributed by atoms with Gasteiger partial charge in [0.15, 0.2) is 0 Å². The molecule has 0 aliphatic heterocycles. The zero-order valence-electron chi connectivity index (χ0n) is 13.1. The summed E-state index contributed by atoms with van der Waals surface area (Å²) >= 11 is 0. The van der Waals surface area contributed by atoms with Gasteiger partial charge < -0.3 is 10.6 Å². The lowest BCUT2D eigenvalue weighted by Crippen LogP contribution is -2.07. The van der Waals surface area contributed by atoms with Crippen molar-refractivity contribution in [1.82, 2.24) is 19.7 Å². The van der Waals surface area contributed by atoms with E-state index in [2.05, 4.69) is 32.6 Å². The van der Waals surface area contributed by atoms with Crippen molar-refractivity contribution in [3.05, 3.63) is 28.8 Å². The van der Waals surface area contributed by atoms with Crippen LogP contribution in [0.1, 0.15) is 41.5 Å². The fourth-order valence-corrected chi connectivity index (χ4v) is 2.46. The number of hydrogen-bond acceptors (Lipinski definition) is 5. The Balaban J connectivity index is 1.79. The summed E-state index contributed by atoms with van der Waals surface area (Å²) in [6, 6.07) is 1.95. The van der Waals surface area contributed by atoms with Crippen LogP contribution in [0, 0.1) is 13.8 Å². The van der Waals surface area contributed by atoms with Gasteiger partial charge in [0.2, 0.25) is 0 Å². The molecule has 21 heavy (non-hydrogen) atoms. The van der Waals surface area contributed by atoms with Crippen molar-refractivity contribution in [3.8, 4) is 0 Å². The molecule has 1 fully saturated rings. The van der Waals surface area contributed by atoms with Crippen molar-refractivity contribution < 1.29 is 0 Å². The summed E-state index contributed by atoms with van der Waals surface area (Å²) in [6.07, 6.45) is 2.40. The molecule has 0 bridgehead atoms. The number of nitrogens with one attached hydrogen (secondary N) is 2. The lowest BCUT2D eigenvalue weighted by molar-refractivity contribution is 0.730. The van der Waals surface area contributed by atoms with Crippen LogP contribution in [-0.4, -0.2) is 26.8 Å². The third-order valence-corrected chi connectivity index (χ3v) is 4.05. The maximum Gasteiger partial charge on any atom is 0.136 e. The van der Waals surface area contributed by atoms with Gasteiger partial charge in [-0.25, -0.2) is 9.97 Å². The van der Waals surface area contributed by atoms with Crippen molar-refractivity contribution in [1.29, 1.82) is 0 Å². The average Bonchev–Trinajstić information content (AvgIpc) is 3.27. The molecule has 0 spiro atoms. The highest BCUT2D eigenvalue weighted by atomic mass is 15.3. The van der Waals surface area contributed by atoms with Gasteiger partial charge in [-0.3, -0.25) is 4.68 Å². The summed E-state index contributed by atoms with van der Waals surface area (Å²) in [7, 11) is 3.86. The molecule has 0 atom stereocenters. The zero-order valence-corrected chi connectivity index (χ0v) is 13.1. The summed E-state index contributed by atoms with van der Waals surface area (Å²) in [5.74, 6) is 3.23. The third kappa shape index (κ3) is 2.84. The van der Waals surface area contributed by atoms with Crippen LogP contribution in [-0.2, 0) is 13.6 Å². The van der Waals surface area contributed by atoms with E-state index in [1.807, 2.05) is 31.8 Å². The van der Waals surface area contributed by atoms with E-state index in [1.54, 1.807) is 0 Å². The molecule has 2 aromatic heterocycles. The van der Waals surface area contributed by atoms with E-state index in [0.717, 1.165) is 29.7 Å². The number of anilines is 2. The minimum absolute atomic E-state index is 0.542. The second-order valence-electron chi connectivity index (χ2n) is 5.65. The summed E-state index contributed by atoms with van der Waals surface area (Å²) in [6.45, 7) is 4.86. The zero-order chi connectivity index (χ0) is 15.0. The van der Waals surface area contributed by atoms with Gasteiger partial charge in [-0.15, -0.1) is 0 Å². The first-order chi connectivity index (χ1) is 10.1. The van der Waals surface area contributed by atoms with Crippen molar-refractivity contribution in [3.63, 3.8) is 0 Å². The first-order valence-corrected chi connectivity index (χ1v) is 7.38. The monoisotopic (exact) mass is 286 g/mol. The van der Waals surface area contributed by atoms with Crippen molar-refractivity contribution in [2.24, 2.45) is 7.05 Å². The van der Waals surface area contributed by atoms with Crippen molar-refractivity contribution in [2.75, 3.05) is 17.7 Å². The molecule has 2 heterocycles. The van der Waals surface area contributed by atoms with E-state index < -0.39 is 0 Å². The molecule has 2 N–H and O–H groups in total. The van der Waals surface area contributed by atoms with Crippen LogP contribution >= 0.6 is 0 Å². The van der Waals surface area contributed by atoms with Gasteiger partial charge in [0.25, 0.3) is 0 Å². The highest BCUT2D eigenvalue weighted by Crippen LogP contribution is 2.38. The second kappa shape index (κ2) is 5.35. The number of rotatable bonds is 5. The van der Waals surface area contributed by atoms with E-state index >= 15 is 0 Å². The van der Waals surface area contributed by atoms with E-state index in [4.69, 9.17) is 0 Å². The molecular weight excluding hydrogens is 264 g/mol. The lowest BCUT2D eigenvalue weighted by Gasteiger charge is -2.10. The predicted octanol–water partition coefficient (Wildman–Crippen LogP) is 2.36. The highest BCUT2D eigenvalue weighted by Gasteiger charge is 2.27. The lowest BCUT2D eigenvalue weighted by atomic mass is 10.2. The summed E-state index contributed by atoms with van der Waals surface area (Å²) in [4.78, 5) is 9.16. The molecule has 6 heteroatoms. The molecule has 0 saturated heterocycles. The molecule has 0 aromatic carbocycles. The van der Waals surface area contributed by atoms with E-state index in [1.165, 1.54) is 24.1 Å². The molecule has 0 radical (unpaired) electrons. The second-order valence-corrected chi connectivity index (χ2v) is 5.65. The maximum absolute atomic E-state index is 4.64. The Labute approximate surface area is 125 Å². The Morgan fingerprint density at radius 1 is 1.24 bits per heavy atom. The van der Waals surface area contributed by atoms with Crippen molar-refractivity contribution in [2.45, 2.75) is 39.2 Å². The highest BCUT2D eigenvalue weighted by molar-refractivity contribution is 5.48. The summed E-state index contributed by atoms with van der Waals surface area (Å²) < 4.78 is 1.92. The number of aromatic nitrogens is 4. The topological polar surface area (TPSA) is 67.7 Å². The van der Waals surface area contributed by atoms with Crippen LogP contribution < -0.4 is 10.6 Å². The van der Waals surface area contributed by atoms with E-state index in [0.29, 0.717) is 5.92 Å². The fraction of sp³-hybridized carbons (Fsp3) is 0.533. The van der Waals surface area contributed by atoms with Crippen LogP contribution in [0.25, 0.3) is 0 Å². The quantitative estimate of drug-likeness (QED) is 0.883. The van der Waals surface area contributed by atoms with Crippen LogP contribution in [0.15, 0.2) is 6.07 Å². The van der Waals surface area contributed by atoms with Crippen LogP contribution in [0.3, 0.4) is 0 Å². The van der Waals surface area contributed by atoms with Crippen LogP contribution in [0.2, 0.25) is 0 Å². The summed E-state index contributed by atoms with van der Waals surface area (Å²) in [5.41, 5.74) is 3.48. The normalized spacial score (nSPS) is 14.3. The first-order valence-electron chi connectivity index (χ1n) is 7.38. The Morgan fingerprint density at radius 3 is 2.52 bits per heavy atom. The SMILES string of the molecule is CNc1cc(NCc2c(C)nn(C)c2C)nc(C2CC2)n1. The van der Waals surface area contributed by atoms with Gasteiger partial charge in [0.1, 0.15) is 17.5 Å². The molecule has 1 aliphatic rings. The minimum atomic E-state index is 0.542. The minimum Gasteiger partial charge on any atom is -0.373 e. The third-order valence-electron chi connectivity index (χ3n) is 4.05. The molecule has 0 unspecified atom stereocenters. The van der Waals surface area contributed by atoms with E-state index in [9.17, 15) is 0 Å². The average molecular weight is 286 g/mol. The largest absolute Gasteiger partial charge is 0.373 e. The molecule has 1 aliphatic carbocycles. The molecule has 6 nitrogen and oxygen atoms in total. The fourth-order valence-electron chi connectivity index (χ4n) is 2.46. The maximum atomic E-state index is 4.64. The van der Waals surface area contributed by atoms with Crippen molar-refractivity contribution >= 4 is 11.6 Å². The Hall–Kier alpha value is -2.11. The standard InChI is InChI=1S/C15H22N6/c1-9-12(10(2)21(4)20-9)8-17-14-7-13(16-3)18-15(19-14)11-5-6-11/h7,11H,5-6,8H2,1-4H3,(H2,16,17,18,19). The Kier molecular flexibility index (Phi) is 3.53. The van der Waals surface area contributed by atoms with Crippen LogP contribution in [0.4, 0.5) is 11.6 Å². The number of nitrogens with zero attached hydrogens (tertiary/aromatic N) is 4. The van der Waals surface area contributed by atoms with Gasteiger partial charge in [0, 0.05) is 43.9 Å². The Morgan fingerprint density at radius 2 is 1.95 bits per heavy atom. The molecule has 112 valence electrons. The van der Waals surface area contributed by atoms with Gasteiger partial charge in [0.05, 0.1) is 5.69 Å². The van der Waals surface area contributed by atoms with E-state index in [-0.39, 0.29) is 0 Å². The number of hydrogen-bond donors (Lipinski definition) is 2. The molecule has 1 saturated carbocycles. The van der Waals surface area contributed by atoms with Gasteiger partial charge >= 0.3 is 0 Å². The molecule has 3 rings (SSSR count). The molecule has 2 aromatic rings. The molecule has 0 amide bonds. The van der Waals surface area contributed by atoms with Gasteiger partial charge in [-0.2, -0.15) is 5.10 Å². The first kappa shape index (κ1) is 13.9. The van der Waals surface area contributed by atoms with Gasteiger partial charge in [-0.05, 0) is 26.7 Å². The Bertz CT molecular complexity index is 656.